The smallest absolute Gasteiger partial charge is 0.157 e. The van der Waals surface area contributed by atoms with Crippen molar-refractivity contribution >= 4 is 11.5 Å². The Kier molecular flexibility index (Phi) is 1.91. The molecule has 0 bridgehead atoms. The van der Waals surface area contributed by atoms with Crippen molar-refractivity contribution in [3.8, 4) is 0 Å². The van der Waals surface area contributed by atoms with E-state index < -0.39 is 0 Å². The van der Waals surface area contributed by atoms with Gasteiger partial charge in [-0.15, -0.1) is 0 Å². The molecule has 4 nitrogen and oxygen atoms in total. The van der Waals surface area contributed by atoms with Crippen LogP contribution in [-0.4, -0.2) is 14.6 Å². The second-order valence-corrected chi connectivity index (χ2v) is 4.54. The maximum Gasteiger partial charge on any atom is 0.157 e. The minimum Gasteiger partial charge on any atom is -0.348 e. The van der Waals surface area contributed by atoms with Crippen LogP contribution in [-0.2, 0) is 13.1 Å². The number of fused-ring (bicyclic) bond motifs is 2. The molecule has 0 saturated carbocycles. The molecule has 0 aliphatic carbocycles. The minimum atomic E-state index is 0.892. The van der Waals surface area contributed by atoms with E-state index >= 15 is 0 Å². The zero-order valence-electron chi connectivity index (χ0n) is 9.82. The summed E-state index contributed by atoms with van der Waals surface area (Å²) in [6, 6.07) is 12.5. The van der Waals surface area contributed by atoms with Crippen LogP contribution in [0.1, 0.15) is 11.1 Å². The van der Waals surface area contributed by atoms with Crippen LogP contribution in [0.25, 0.3) is 5.65 Å². The molecular weight excluding hydrogens is 224 g/mol. The molecule has 88 valence electrons. The fourth-order valence-corrected chi connectivity index (χ4v) is 2.47. The number of rotatable bonds is 1. The predicted molar refractivity (Wildman–Crippen MR) is 69.3 cm³/mol. The number of hydrogen-bond donors (Lipinski definition) is 0. The van der Waals surface area contributed by atoms with E-state index in [0.717, 1.165) is 24.6 Å². The Hall–Kier alpha value is -2.36. The molecule has 0 unspecified atom stereocenters. The van der Waals surface area contributed by atoms with Gasteiger partial charge in [-0.25, -0.2) is 9.50 Å². The maximum atomic E-state index is 4.63. The third-order valence-corrected chi connectivity index (χ3v) is 3.41. The summed E-state index contributed by atoms with van der Waals surface area (Å²) in [5, 5.41) is 4.16. The molecular formula is C14H12N4. The van der Waals surface area contributed by atoms with Crippen LogP contribution in [0.5, 0.6) is 0 Å². The number of nitrogens with zero attached hydrogens (tertiary/aromatic N) is 4. The number of aromatic nitrogens is 3. The third-order valence-electron chi connectivity index (χ3n) is 3.41. The quantitative estimate of drug-likeness (QED) is 0.649. The van der Waals surface area contributed by atoms with E-state index in [4.69, 9.17) is 0 Å². The van der Waals surface area contributed by atoms with Crippen molar-refractivity contribution in [1.29, 1.82) is 0 Å². The van der Waals surface area contributed by atoms with Crippen LogP contribution in [0.2, 0.25) is 0 Å². The summed E-state index contributed by atoms with van der Waals surface area (Å²) in [4.78, 5) is 6.92. The van der Waals surface area contributed by atoms with Crippen molar-refractivity contribution in [3.63, 3.8) is 0 Å². The van der Waals surface area contributed by atoms with Gasteiger partial charge in [0.05, 0.1) is 6.20 Å². The molecule has 0 spiro atoms. The van der Waals surface area contributed by atoms with Gasteiger partial charge >= 0.3 is 0 Å². The second-order valence-electron chi connectivity index (χ2n) is 4.54. The first-order valence-electron chi connectivity index (χ1n) is 6.02. The van der Waals surface area contributed by atoms with Crippen molar-refractivity contribution in [2.75, 3.05) is 4.90 Å². The molecule has 2 aromatic heterocycles. The predicted octanol–water partition coefficient (Wildman–Crippen LogP) is 2.25. The van der Waals surface area contributed by atoms with Gasteiger partial charge < -0.3 is 4.90 Å². The van der Waals surface area contributed by atoms with Crippen molar-refractivity contribution < 1.29 is 0 Å². The average molecular weight is 236 g/mol. The average Bonchev–Trinajstić information content (AvgIpc) is 3.04. The van der Waals surface area contributed by atoms with Gasteiger partial charge in [0.1, 0.15) is 5.82 Å². The lowest BCUT2D eigenvalue weighted by Gasteiger charge is -2.16. The topological polar surface area (TPSA) is 33.4 Å². The van der Waals surface area contributed by atoms with Gasteiger partial charge in [0, 0.05) is 25.4 Å². The van der Waals surface area contributed by atoms with Gasteiger partial charge in [0.15, 0.2) is 5.65 Å². The molecule has 3 aromatic rings. The van der Waals surface area contributed by atoms with Crippen LogP contribution in [0.15, 0.2) is 48.8 Å². The van der Waals surface area contributed by atoms with Gasteiger partial charge in [0.2, 0.25) is 0 Å². The van der Waals surface area contributed by atoms with E-state index in [9.17, 15) is 0 Å². The zero-order valence-corrected chi connectivity index (χ0v) is 9.82. The van der Waals surface area contributed by atoms with Crippen LogP contribution in [0.4, 0.5) is 5.82 Å². The molecule has 0 fully saturated rings. The molecule has 0 radical (unpaired) electrons. The van der Waals surface area contributed by atoms with Gasteiger partial charge in [-0.3, -0.25) is 0 Å². The highest BCUT2D eigenvalue weighted by atomic mass is 15.3. The van der Waals surface area contributed by atoms with E-state index in [-0.39, 0.29) is 0 Å². The molecule has 0 amide bonds. The van der Waals surface area contributed by atoms with Crippen LogP contribution in [0.3, 0.4) is 0 Å². The molecule has 0 saturated heterocycles. The Labute approximate surface area is 104 Å². The first-order chi connectivity index (χ1) is 8.90. The molecule has 18 heavy (non-hydrogen) atoms. The SMILES string of the molecule is c1ccc2c(c1)CN(c1ccn3nccc3n1)C2. The fourth-order valence-electron chi connectivity index (χ4n) is 2.47. The van der Waals surface area contributed by atoms with Crippen molar-refractivity contribution in [2.24, 2.45) is 0 Å². The third kappa shape index (κ3) is 1.39. The molecule has 4 rings (SSSR count). The highest BCUT2D eigenvalue weighted by Crippen LogP contribution is 2.26. The van der Waals surface area contributed by atoms with Crippen molar-refractivity contribution in [3.05, 3.63) is 59.9 Å². The molecule has 4 heteroatoms. The number of hydrogen-bond acceptors (Lipinski definition) is 3. The molecule has 1 aliphatic heterocycles. The summed E-state index contributed by atoms with van der Waals surface area (Å²) in [6.07, 6.45) is 3.73. The number of anilines is 1. The van der Waals surface area contributed by atoms with E-state index in [1.807, 2.05) is 18.3 Å². The summed E-state index contributed by atoms with van der Waals surface area (Å²) >= 11 is 0. The lowest BCUT2D eigenvalue weighted by atomic mass is 10.1. The summed E-state index contributed by atoms with van der Waals surface area (Å²) in [5.74, 6) is 1.01. The largest absolute Gasteiger partial charge is 0.348 e. The van der Waals surface area contributed by atoms with Gasteiger partial charge in [0.25, 0.3) is 0 Å². The summed E-state index contributed by atoms with van der Waals surface area (Å²) < 4.78 is 1.78. The van der Waals surface area contributed by atoms with E-state index in [1.165, 1.54) is 11.1 Å². The lowest BCUT2D eigenvalue weighted by molar-refractivity contribution is 0.844. The van der Waals surface area contributed by atoms with E-state index in [2.05, 4.69) is 39.2 Å². The number of benzene rings is 1. The van der Waals surface area contributed by atoms with Crippen molar-refractivity contribution in [1.82, 2.24) is 14.6 Å². The molecule has 0 atom stereocenters. The van der Waals surface area contributed by atoms with Crippen LogP contribution < -0.4 is 4.90 Å². The van der Waals surface area contributed by atoms with Crippen LogP contribution in [0, 0.1) is 0 Å². The second kappa shape index (κ2) is 3.57. The molecule has 3 heterocycles. The molecule has 1 aliphatic rings. The van der Waals surface area contributed by atoms with Gasteiger partial charge in [-0.05, 0) is 17.2 Å². The normalized spacial score (nSPS) is 14.1. The summed E-state index contributed by atoms with van der Waals surface area (Å²) in [6.45, 7) is 1.88. The summed E-state index contributed by atoms with van der Waals surface area (Å²) in [5.41, 5.74) is 3.68. The summed E-state index contributed by atoms with van der Waals surface area (Å²) in [7, 11) is 0. The Balaban J connectivity index is 1.73. The van der Waals surface area contributed by atoms with E-state index in [1.54, 1.807) is 10.7 Å². The molecule has 1 aromatic carbocycles. The van der Waals surface area contributed by atoms with E-state index in [0.29, 0.717) is 0 Å². The Bertz CT molecular complexity index is 691. The van der Waals surface area contributed by atoms with Crippen molar-refractivity contribution in [2.45, 2.75) is 13.1 Å². The zero-order chi connectivity index (χ0) is 11.9. The standard InChI is InChI=1S/C14H12N4/c1-2-4-12-10-17(9-11(12)3-1)13-6-8-18-14(16-13)5-7-15-18/h1-8H,9-10H2. The maximum absolute atomic E-state index is 4.63. The highest BCUT2D eigenvalue weighted by Gasteiger charge is 2.19. The monoisotopic (exact) mass is 236 g/mol. The first-order valence-corrected chi connectivity index (χ1v) is 6.02. The first kappa shape index (κ1) is 9.65. The Morgan fingerprint density at radius 3 is 2.50 bits per heavy atom. The minimum absolute atomic E-state index is 0.892. The lowest BCUT2D eigenvalue weighted by Crippen LogP contribution is -2.16. The fraction of sp³-hybridized carbons (Fsp3) is 0.143. The highest BCUT2D eigenvalue weighted by molar-refractivity contribution is 5.51. The van der Waals surface area contributed by atoms with Crippen LogP contribution >= 0.6 is 0 Å². The Morgan fingerprint density at radius 2 is 1.72 bits per heavy atom. The van der Waals surface area contributed by atoms with Gasteiger partial charge in [-0.1, -0.05) is 24.3 Å². The Morgan fingerprint density at radius 1 is 0.944 bits per heavy atom. The molecule has 0 N–H and O–H groups in total. The van der Waals surface area contributed by atoms with Gasteiger partial charge in [-0.2, -0.15) is 5.10 Å².